The molecule has 2 nitrogen and oxygen atoms in total. The fourth-order valence-corrected chi connectivity index (χ4v) is 2.62. The number of aliphatic hydroxyl groups is 1. The SMILES string of the molecule is C[C@@H]1CC[C@H]2[C@H](C)C(O)O[C@@H]2C1. The molecule has 2 rings (SSSR count). The average Bonchev–Trinajstić information content (AvgIpc) is 2.28. The second-order valence-corrected chi connectivity index (χ2v) is 4.51. The fourth-order valence-electron chi connectivity index (χ4n) is 2.62. The van der Waals surface area contributed by atoms with Crippen molar-refractivity contribution in [2.45, 2.75) is 45.5 Å². The van der Waals surface area contributed by atoms with E-state index in [2.05, 4.69) is 13.8 Å². The number of hydrogen-bond acceptors (Lipinski definition) is 2. The standard InChI is InChI=1S/C10H18O2/c1-6-3-4-8-7(2)10(11)12-9(8)5-6/h6-11H,3-5H2,1-2H3/t6-,7+,8+,9-,10?/m1/s1. The first-order valence-corrected chi connectivity index (χ1v) is 5.02. The van der Waals surface area contributed by atoms with Gasteiger partial charge in [0.2, 0.25) is 0 Å². The minimum Gasteiger partial charge on any atom is -0.368 e. The molecular weight excluding hydrogens is 152 g/mol. The first-order chi connectivity index (χ1) is 5.68. The van der Waals surface area contributed by atoms with Crippen LogP contribution in [-0.2, 0) is 4.74 Å². The highest BCUT2D eigenvalue weighted by molar-refractivity contribution is 4.88. The maximum atomic E-state index is 9.49. The van der Waals surface area contributed by atoms with Crippen molar-refractivity contribution in [3.63, 3.8) is 0 Å². The Hall–Kier alpha value is -0.0800. The van der Waals surface area contributed by atoms with E-state index in [1.165, 1.54) is 12.8 Å². The van der Waals surface area contributed by atoms with Crippen LogP contribution in [0.2, 0.25) is 0 Å². The Morgan fingerprint density at radius 1 is 1.25 bits per heavy atom. The van der Waals surface area contributed by atoms with Crippen LogP contribution in [0.5, 0.6) is 0 Å². The van der Waals surface area contributed by atoms with Gasteiger partial charge in [0.15, 0.2) is 6.29 Å². The minimum absolute atomic E-state index is 0.346. The minimum atomic E-state index is -0.495. The van der Waals surface area contributed by atoms with Gasteiger partial charge >= 0.3 is 0 Å². The predicted octanol–water partition coefficient (Wildman–Crippen LogP) is 1.78. The van der Waals surface area contributed by atoms with Gasteiger partial charge in [0.05, 0.1) is 6.10 Å². The van der Waals surface area contributed by atoms with Gasteiger partial charge < -0.3 is 9.84 Å². The van der Waals surface area contributed by atoms with Crippen LogP contribution < -0.4 is 0 Å². The summed E-state index contributed by atoms with van der Waals surface area (Å²) in [6.45, 7) is 4.38. The smallest absolute Gasteiger partial charge is 0.157 e. The topological polar surface area (TPSA) is 29.5 Å². The van der Waals surface area contributed by atoms with Gasteiger partial charge in [-0.3, -0.25) is 0 Å². The van der Waals surface area contributed by atoms with E-state index >= 15 is 0 Å². The zero-order chi connectivity index (χ0) is 8.72. The highest BCUT2D eigenvalue weighted by Crippen LogP contribution is 2.42. The lowest BCUT2D eigenvalue weighted by Gasteiger charge is -2.29. The monoisotopic (exact) mass is 170 g/mol. The van der Waals surface area contributed by atoms with Gasteiger partial charge in [-0.25, -0.2) is 0 Å². The van der Waals surface area contributed by atoms with E-state index in [1.54, 1.807) is 0 Å². The van der Waals surface area contributed by atoms with Crippen molar-refractivity contribution in [3.05, 3.63) is 0 Å². The summed E-state index contributed by atoms with van der Waals surface area (Å²) in [5, 5.41) is 9.49. The first-order valence-electron chi connectivity index (χ1n) is 5.02. The van der Waals surface area contributed by atoms with Crippen molar-refractivity contribution in [2.75, 3.05) is 0 Å². The maximum Gasteiger partial charge on any atom is 0.157 e. The molecule has 0 aromatic heterocycles. The summed E-state index contributed by atoms with van der Waals surface area (Å²) < 4.78 is 5.50. The number of aliphatic hydroxyl groups excluding tert-OH is 1. The number of rotatable bonds is 0. The van der Waals surface area contributed by atoms with Crippen LogP contribution in [-0.4, -0.2) is 17.5 Å². The molecule has 0 amide bonds. The van der Waals surface area contributed by atoms with Crippen molar-refractivity contribution in [1.29, 1.82) is 0 Å². The Morgan fingerprint density at radius 2 is 2.00 bits per heavy atom. The summed E-state index contributed by atoms with van der Waals surface area (Å²) in [7, 11) is 0. The summed E-state index contributed by atoms with van der Waals surface area (Å²) in [4.78, 5) is 0. The van der Waals surface area contributed by atoms with Crippen LogP contribution in [0, 0.1) is 17.8 Å². The van der Waals surface area contributed by atoms with Crippen LogP contribution in [0.3, 0.4) is 0 Å². The normalized spacial score (nSPS) is 53.8. The Bertz CT molecular complexity index is 167. The fraction of sp³-hybridized carbons (Fsp3) is 1.00. The highest BCUT2D eigenvalue weighted by atomic mass is 16.6. The summed E-state index contributed by atoms with van der Waals surface area (Å²) in [6.07, 6.45) is 3.54. The summed E-state index contributed by atoms with van der Waals surface area (Å²) in [5.41, 5.74) is 0. The molecule has 0 spiro atoms. The van der Waals surface area contributed by atoms with Gasteiger partial charge in [-0.05, 0) is 24.7 Å². The Labute approximate surface area is 73.9 Å². The summed E-state index contributed by atoms with van der Waals surface area (Å²) >= 11 is 0. The molecule has 12 heavy (non-hydrogen) atoms. The zero-order valence-electron chi connectivity index (χ0n) is 7.86. The maximum absolute atomic E-state index is 9.49. The van der Waals surface area contributed by atoms with Crippen molar-refractivity contribution >= 4 is 0 Å². The average molecular weight is 170 g/mol. The third kappa shape index (κ3) is 1.27. The molecule has 0 bridgehead atoms. The first kappa shape index (κ1) is 8.52. The Kier molecular flexibility index (Phi) is 2.13. The van der Waals surface area contributed by atoms with Gasteiger partial charge in [0.25, 0.3) is 0 Å². The van der Waals surface area contributed by atoms with Crippen molar-refractivity contribution in [2.24, 2.45) is 17.8 Å². The van der Waals surface area contributed by atoms with E-state index in [9.17, 15) is 5.11 Å². The van der Waals surface area contributed by atoms with E-state index in [0.29, 0.717) is 17.9 Å². The largest absolute Gasteiger partial charge is 0.368 e. The van der Waals surface area contributed by atoms with Crippen LogP contribution >= 0.6 is 0 Å². The van der Waals surface area contributed by atoms with E-state index in [-0.39, 0.29) is 0 Å². The molecule has 1 aliphatic heterocycles. The van der Waals surface area contributed by atoms with Crippen molar-refractivity contribution in [3.8, 4) is 0 Å². The molecule has 2 aliphatic rings. The molecule has 0 aromatic carbocycles. The van der Waals surface area contributed by atoms with E-state index < -0.39 is 6.29 Å². The van der Waals surface area contributed by atoms with Gasteiger partial charge in [-0.2, -0.15) is 0 Å². The third-order valence-corrected chi connectivity index (χ3v) is 3.54. The number of hydrogen-bond donors (Lipinski definition) is 1. The summed E-state index contributed by atoms with van der Waals surface area (Å²) in [6, 6.07) is 0. The Balaban J connectivity index is 2.04. The molecule has 5 atom stereocenters. The third-order valence-electron chi connectivity index (χ3n) is 3.54. The molecule has 0 aromatic rings. The summed E-state index contributed by atoms with van der Waals surface area (Å²) in [5.74, 6) is 1.75. The molecule has 1 N–H and O–H groups in total. The van der Waals surface area contributed by atoms with Crippen LogP contribution in [0.1, 0.15) is 33.1 Å². The Morgan fingerprint density at radius 3 is 2.75 bits per heavy atom. The predicted molar refractivity (Wildman–Crippen MR) is 46.5 cm³/mol. The molecular formula is C10H18O2. The molecule has 70 valence electrons. The molecule has 1 saturated carbocycles. The van der Waals surface area contributed by atoms with Gasteiger partial charge in [0, 0.05) is 5.92 Å². The zero-order valence-corrected chi connectivity index (χ0v) is 7.86. The molecule has 0 radical (unpaired) electrons. The second kappa shape index (κ2) is 3.00. The van der Waals surface area contributed by atoms with E-state index in [0.717, 1.165) is 12.3 Å². The molecule has 2 heteroatoms. The number of ether oxygens (including phenoxy) is 1. The highest BCUT2D eigenvalue weighted by Gasteiger charge is 2.43. The van der Waals surface area contributed by atoms with E-state index in [1.807, 2.05) is 0 Å². The van der Waals surface area contributed by atoms with Crippen LogP contribution in [0.25, 0.3) is 0 Å². The molecule has 1 aliphatic carbocycles. The lowest BCUT2D eigenvalue weighted by Crippen LogP contribution is -2.27. The van der Waals surface area contributed by atoms with Gasteiger partial charge in [-0.15, -0.1) is 0 Å². The molecule has 1 saturated heterocycles. The van der Waals surface area contributed by atoms with Gasteiger partial charge in [-0.1, -0.05) is 20.3 Å². The van der Waals surface area contributed by atoms with E-state index in [4.69, 9.17) is 4.74 Å². The lowest BCUT2D eigenvalue weighted by molar-refractivity contribution is -0.111. The number of fused-ring (bicyclic) bond motifs is 1. The lowest BCUT2D eigenvalue weighted by atomic mass is 9.77. The molecule has 1 heterocycles. The van der Waals surface area contributed by atoms with Crippen LogP contribution in [0.4, 0.5) is 0 Å². The second-order valence-electron chi connectivity index (χ2n) is 4.51. The van der Waals surface area contributed by atoms with Crippen molar-refractivity contribution in [1.82, 2.24) is 0 Å². The molecule has 2 fully saturated rings. The van der Waals surface area contributed by atoms with Crippen LogP contribution in [0.15, 0.2) is 0 Å². The quantitative estimate of drug-likeness (QED) is 0.600. The van der Waals surface area contributed by atoms with Crippen molar-refractivity contribution < 1.29 is 9.84 Å². The van der Waals surface area contributed by atoms with Gasteiger partial charge in [0.1, 0.15) is 0 Å². The molecule has 1 unspecified atom stereocenters.